The molecule has 12 aromatic rings. The smallest absolute Gasteiger partial charge is 0.307 e. The van der Waals surface area contributed by atoms with E-state index in [0.717, 1.165) is 44.2 Å². The van der Waals surface area contributed by atoms with E-state index in [9.17, 15) is 64.3 Å². The van der Waals surface area contributed by atoms with Gasteiger partial charge in [-0.3, -0.25) is 52.5 Å². The Hall–Kier alpha value is -13.1. The van der Waals surface area contributed by atoms with Gasteiger partial charge in [-0.25, -0.2) is 50.9 Å². The number of rotatable bonds is 14. The maximum absolute atomic E-state index is 14.1. The zero-order chi connectivity index (χ0) is 92.3. The molecule has 0 radical (unpaired) electrons. The number of pyridine rings is 6. The fraction of sp³-hybridized carbons (Fsp3) is 0.396. The summed E-state index contributed by atoms with van der Waals surface area (Å²) in [5, 5.41) is 20.9. The Morgan fingerprint density at radius 2 is 0.721 bits per heavy atom. The number of sulfone groups is 1. The summed E-state index contributed by atoms with van der Waals surface area (Å²) in [6, 6.07) is 34.2. The van der Waals surface area contributed by atoms with Gasteiger partial charge in [0.15, 0.2) is 0 Å². The first-order valence-electron chi connectivity index (χ1n) is 43.3. The molecular weight excluding hydrogens is 1680 g/mol. The molecule has 0 spiro atoms. The predicted molar refractivity (Wildman–Crippen MR) is 483 cm³/mol. The van der Waals surface area contributed by atoms with Gasteiger partial charge >= 0.3 is 5.97 Å². The summed E-state index contributed by atoms with van der Waals surface area (Å²) in [6.07, 6.45) is 22.1. The van der Waals surface area contributed by atoms with Crippen LogP contribution in [-0.2, 0) is 21.1 Å². The first kappa shape index (κ1) is 92.1. The number of likely N-dealkylation sites (tertiary alicyclic amines) is 4. The van der Waals surface area contributed by atoms with E-state index >= 15 is 0 Å². The number of carbonyl (C=O) groups is 8. The third-order valence-corrected chi connectivity index (χ3v) is 25.5. The second-order valence-electron chi connectivity index (χ2n) is 37.0. The Morgan fingerprint density at radius 3 is 1.06 bits per heavy atom. The van der Waals surface area contributed by atoms with Crippen LogP contribution in [0.15, 0.2) is 183 Å². The molecule has 15 heterocycles. The van der Waals surface area contributed by atoms with Gasteiger partial charge < -0.3 is 49.8 Å². The number of carboxylic acids is 1. The molecule has 7 amide bonds. The highest BCUT2D eigenvalue weighted by Crippen LogP contribution is 2.34. The molecule has 0 saturated carbocycles. The molecule has 4 N–H and O–H groups in total. The number of fused-ring (bicyclic) bond motifs is 4. The van der Waals surface area contributed by atoms with E-state index in [1.54, 1.807) is 133 Å². The largest absolute Gasteiger partial charge is 0.481 e. The van der Waals surface area contributed by atoms with E-state index < -0.39 is 38.5 Å². The summed E-state index contributed by atoms with van der Waals surface area (Å²) in [5.74, 6) is -1.84. The Balaban J connectivity index is 0.000000139. The number of alkyl halides is 4. The van der Waals surface area contributed by atoms with E-state index in [0.29, 0.717) is 184 Å². The lowest BCUT2D eigenvalue weighted by molar-refractivity contribution is -0.136. The van der Waals surface area contributed by atoms with Crippen LogP contribution in [0.4, 0.5) is 17.6 Å². The predicted octanol–water partition coefficient (Wildman–Crippen LogP) is 14.7. The number of nitrogens with one attached hydrogen (secondary N) is 3. The maximum Gasteiger partial charge on any atom is 0.307 e. The molecule has 17 rings (SSSR count). The van der Waals surface area contributed by atoms with Crippen molar-refractivity contribution in [2.75, 3.05) is 63.9 Å². The molecule has 2 aromatic carbocycles. The lowest BCUT2D eigenvalue weighted by atomic mass is 9.95. The molecule has 0 aliphatic carbocycles. The highest BCUT2D eigenvalue weighted by molar-refractivity contribution is 7.91. The topological polar surface area (TPSA) is 337 Å². The summed E-state index contributed by atoms with van der Waals surface area (Å²) in [4.78, 5) is 133. The van der Waals surface area contributed by atoms with Gasteiger partial charge in [0.1, 0.15) is 60.8 Å². The Kier molecular flexibility index (Phi) is 26.7. The molecular formula is C96H107F4N17O11S. The van der Waals surface area contributed by atoms with Crippen molar-refractivity contribution in [1.29, 1.82) is 0 Å². The van der Waals surface area contributed by atoms with Gasteiger partial charge in [0, 0.05) is 164 Å². The second kappa shape index (κ2) is 37.3. The third-order valence-electron chi connectivity index (χ3n) is 23.8. The number of carbonyl (C=O) groups excluding carboxylic acids is 7. The normalized spacial score (nSPS) is 17.2. The van der Waals surface area contributed by atoms with Gasteiger partial charge in [0.05, 0.1) is 69.5 Å². The van der Waals surface area contributed by atoms with Crippen molar-refractivity contribution in [2.45, 2.75) is 180 Å². The molecule has 5 aliphatic rings. The summed E-state index contributed by atoms with van der Waals surface area (Å²) in [7, 11) is -2.98. The van der Waals surface area contributed by atoms with Crippen LogP contribution in [-0.4, -0.2) is 232 Å². The molecule has 129 heavy (non-hydrogen) atoms. The molecule has 0 bridgehead atoms. The van der Waals surface area contributed by atoms with Crippen LogP contribution in [0.3, 0.4) is 0 Å². The number of hydrogen-bond donors (Lipinski definition) is 4. The van der Waals surface area contributed by atoms with Crippen LogP contribution in [0.5, 0.6) is 0 Å². The molecule has 5 aliphatic heterocycles. The molecule has 33 heteroatoms. The van der Waals surface area contributed by atoms with Crippen LogP contribution < -0.4 is 16.0 Å². The van der Waals surface area contributed by atoms with E-state index in [1.807, 2.05) is 151 Å². The molecule has 5 fully saturated rings. The minimum Gasteiger partial charge on any atom is -0.481 e. The van der Waals surface area contributed by atoms with Crippen molar-refractivity contribution in [3.63, 3.8) is 0 Å². The number of carboxylic acid groups (broad SMARTS) is 1. The number of amides is 7. The molecule has 0 unspecified atom stereocenters. The van der Waals surface area contributed by atoms with Crippen molar-refractivity contribution in [3.8, 4) is 22.7 Å². The van der Waals surface area contributed by atoms with Crippen LogP contribution in [0, 0.1) is 0 Å². The van der Waals surface area contributed by atoms with Crippen molar-refractivity contribution in [2.24, 2.45) is 0 Å². The van der Waals surface area contributed by atoms with Gasteiger partial charge in [-0.05, 0) is 242 Å². The molecule has 10 aromatic heterocycles. The lowest BCUT2D eigenvalue weighted by Crippen LogP contribution is -2.43. The van der Waals surface area contributed by atoms with Gasteiger partial charge in [-0.1, -0.05) is 12.1 Å². The molecule has 5 saturated heterocycles. The number of aromatic nitrogens is 10. The van der Waals surface area contributed by atoms with E-state index in [2.05, 4.69) is 45.9 Å². The SMILES string of the molecule is CC1(F)CCN(C(=O)c2cnc3c(ccn3-c3ccc(C(=O)NC(C)(C)C)nc3)c2)CC1.CC1(F)CCN(C(=O)c2cnc3c(ccn3-c3ccc(C(=O)NC4CCS(=O)(=O)CC4)cc3)c2)CC1.CC1(F)CCN(C(=O)c2cnc3c(ccn3-c3ccc(CC(=O)O)cc3)c2)CC1.CC1(F)CCN(C(=O)c2cnc3c(ccn3-c3cncc(C(=O)NC(C)(C)C)c3)c2)CC1. The average Bonchev–Trinajstić information content (AvgIpc) is 1.68. The van der Waals surface area contributed by atoms with Crippen LogP contribution in [0.1, 0.15) is 212 Å². The van der Waals surface area contributed by atoms with Gasteiger partial charge in [-0.15, -0.1) is 0 Å². The summed E-state index contributed by atoms with van der Waals surface area (Å²) < 4.78 is 86.8. The van der Waals surface area contributed by atoms with Gasteiger partial charge in [0.25, 0.3) is 41.4 Å². The zero-order valence-corrected chi connectivity index (χ0v) is 74.8. The number of aliphatic carboxylic acids is 1. The van der Waals surface area contributed by atoms with E-state index in [1.165, 1.54) is 6.20 Å². The third kappa shape index (κ3) is 22.9. The lowest BCUT2D eigenvalue weighted by Gasteiger charge is -2.34. The Morgan fingerprint density at radius 1 is 0.388 bits per heavy atom. The number of nitrogens with zero attached hydrogens (tertiary/aromatic N) is 14. The summed E-state index contributed by atoms with van der Waals surface area (Å²) in [6.45, 7) is 21.1. The van der Waals surface area contributed by atoms with Crippen molar-refractivity contribution in [3.05, 3.63) is 228 Å². The first-order chi connectivity index (χ1) is 61.0. The maximum atomic E-state index is 14.1. The minimum atomic E-state index is -2.98. The second-order valence-corrected chi connectivity index (χ2v) is 39.3. The quantitative estimate of drug-likeness (QED) is 0.0735. The summed E-state index contributed by atoms with van der Waals surface area (Å²) >= 11 is 0. The highest BCUT2D eigenvalue weighted by atomic mass is 32.2. The number of halogens is 4. The van der Waals surface area contributed by atoms with Crippen LogP contribution in [0.2, 0.25) is 0 Å². The van der Waals surface area contributed by atoms with Gasteiger partial charge in [0.2, 0.25) is 0 Å². The van der Waals surface area contributed by atoms with Crippen LogP contribution >= 0.6 is 0 Å². The van der Waals surface area contributed by atoms with E-state index in [-0.39, 0.29) is 76.4 Å². The van der Waals surface area contributed by atoms with Crippen molar-refractivity contribution < 1.29 is 69.4 Å². The van der Waals surface area contributed by atoms with Crippen LogP contribution in [0.25, 0.3) is 66.9 Å². The molecule has 676 valence electrons. The van der Waals surface area contributed by atoms with Crippen molar-refractivity contribution >= 4 is 101 Å². The highest BCUT2D eigenvalue weighted by Gasteiger charge is 2.37. The number of hydrogen-bond acceptors (Lipinski definition) is 16. The minimum absolute atomic E-state index is 0.0194. The van der Waals surface area contributed by atoms with E-state index in [4.69, 9.17) is 5.11 Å². The first-order valence-corrected chi connectivity index (χ1v) is 45.1. The number of benzene rings is 2. The molecule has 28 nitrogen and oxygen atoms in total. The zero-order valence-electron chi connectivity index (χ0n) is 74.0. The van der Waals surface area contributed by atoms with Gasteiger partial charge in [-0.2, -0.15) is 0 Å². The Bertz CT molecular complexity index is 6300. The summed E-state index contributed by atoms with van der Waals surface area (Å²) in [5.41, 5.74) is 4.32. The molecule has 0 atom stereocenters. The fourth-order valence-corrected chi connectivity index (χ4v) is 17.5. The fourth-order valence-electron chi connectivity index (χ4n) is 16.0. The monoisotopic (exact) mass is 1780 g/mol. The average molecular weight is 1780 g/mol. The standard InChI is InChI=1S/C26H29FN4O4S.2C24H28FN5O2.C22H22FN3O3/c1-26(27)9-12-30(13-10-26)25(33)20-16-19-6-11-31(23(19)28-17-20)22-4-2-18(3-5-22)24(32)29-21-7-14-36(34,35)15-8-21;1-23(2,3)28-21(31)17-12-19(15-26-13-17)30-8-5-16-11-18(14-27-20(16)30)22(32)29-9-6-24(4,25)7-10-29;1-23(2,3)28-21(31)19-6-5-18(15-26-19)30-10-7-16-13-17(14-27-20(16)30)22(32)29-11-8-24(4,25)9-12-29;1-22(23)7-10-25(11-8-22)21(29)17-13-16-6-9-26(20(16)24-14-17)18-4-2-15(3-5-18)12-19(27)28/h2-6,11,16-17,21H,7-10,12-15H2,1H3,(H,29,32);5,8,11-15H,6-7,9-10H2,1-4H3,(H,28,31);5-7,10,13-15H,8-9,11-12H2,1-4H3,(H,28,31);2-6,9,13-14H,7-8,10-12H2,1H3,(H,27,28). The Labute approximate surface area is 744 Å². The van der Waals surface area contributed by atoms with Crippen molar-refractivity contribution in [1.82, 2.24) is 83.7 Å². The number of piperidine rings is 4.